The summed E-state index contributed by atoms with van der Waals surface area (Å²) >= 11 is 1.47. The van der Waals surface area contributed by atoms with Gasteiger partial charge in [-0.2, -0.15) is 4.41 Å². The Morgan fingerprint density at radius 3 is 2.69 bits per heavy atom. The van der Waals surface area contributed by atoms with Crippen molar-refractivity contribution in [2.24, 2.45) is 5.92 Å². The molecule has 10 heteroatoms. The van der Waals surface area contributed by atoms with Gasteiger partial charge in [-0.15, -0.1) is 0 Å². The molecule has 2 aromatic carbocycles. The van der Waals surface area contributed by atoms with Gasteiger partial charge in [0.1, 0.15) is 18.1 Å². The van der Waals surface area contributed by atoms with E-state index in [1.54, 1.807) is 15.5 Å². The molecule has 1 fully saturated rings. The zero-order valence-corrected chi connectivity index (χ0v) is 29.6. The number of pyridine rings is 1. The van der Waals surface area contributed by atoms with Gasteiger partial charge in [0.15, 0.2) is 0 Å². The molecule has 1 aliphatic carbocycles. The average Bonchev–Trinajstić information content (AvgIpc) is 3.39. The van der Waals surface area contributed by atoms with Gasteiger partial charge in [0, 0.05) is 60.2 Å². The molecular formula is C38H48N6O3S. The van der Waals surface area contributed by atoms with Crippen LogP contribution in [0.25, 0.3) is 22.2 Å². The van der Waals surface area contributed by atoms with Crippen LogP contribution in [0.4, 0.5) is 10.5 Å². The summed E-state index contributed by atoms with van der Waals surface area (Å²) in [6.45, 7) is 10.2. The van der Waals surface area contributed by atoms with Crippen LogP contribution in [-0.2, 0) is 13.2 Å². The summed E-state index contributed by atoms with van der Waals surface area (Å²) in [4.78, 5) is 20.2. The maximum atomic E-state index is 14.0. The lowest BCUT2D eigenvalue weighted by Crippen LogP contribution is -2.63. The van der Waals surface area contributed by atoms with E-state index in [1.165, 1.54) is 66.2 Å². The number of fused-ring (bicyclic) bond motifs is 4. The Bertz CT molecular complexity index is 1770. The molecule has 48 heavy (non-hydrogen) atoms. The molecule has 2 amide bonds. The fourth-order valence-corrected chi connectivity index (χ4v) is 8.46. The predicted octanol–water partition coefficient (Wildman–Crippen LogP) is 8.10. The molecule has 2 aromatic heterocycles. The first kappa shape index (κ1) is 32.8. The van der Waals surface area contributed by atoms with Crippen molar-refractivity contribution in [3.8, 4) is 22.8 Å². The average molecular weight is 669 g/mol. The predicted molar refractivity (Wildman–Crippen MR) is 194 cm³/mol. The topological polar surface area (TPSA) is 83.9 Å². The highest BCUT2D eigenvalue weighted by molar-refractivity contribution is 7.97. The second-order valence-electron chi connectivity index (χ2n) is 14.0. The van der Waals surface area contributed by atoms with Gasteiger partial charge in [0.2, 0.25) is 0 Å². The summed E-state index contributed by atoms with van der Waals surface area (Å²) in [5.74, 6) is 2.96. The zero-order valence-electron chi connectivity index (χ0n) is 28.8. The fourth-order valence-electron chi connectivity index (χ4n) is 7.68. The summed E-state index contributed by atoms with van der Waals surface area (Å²) in [6.07, 6.45) is 7.93. The van der Waals surface area contributed by atoms with Crippen LogP contribution in [0, 0.1) is 5.92 Å². The second kappa shape index (κ2) is 13.6. The first-order valence-corrected chi connectivity index (χ1v) is 18.4. The van der Waals surface area contributed by atoms with Gasteiger partial charge in [-0.05, 0) is 93.4 Å². The first-order chi connectivity index (χ1) is 23.2. The molecule has 3 aliphatic rings. The Balaban J connectivity index is 1.41. The molecule has 2 N–H and O–H groups in total. The smallest absolute Gasteiger partial charge is 0.349 e. The van der Waals surface area contributed by atoms with Crippen molar-refractivity contribution in [1.29, 1.82) is 0 Å². The minimum Gasteiger partial charge on any atom is -0.492 e. The lowest BCUT2D eigenvalue weighted by Gasteiger charge is -2.39. The number of urea groups is 1. The quantitative estimate of drug-likeness (QED) is 0.201. The summed E-state index contributed by atoms with van der Waals surface area (Å²) in [5.41, 5.74) is 9.59. The maximum Gasteiger partial charge on any atom is 0.349 e. The fraction of sp³-hybridized carbons (Fsp3) is 0.474. The van der Waals surface area contributed by atoms with Crippen molar-refractivity contribution in [3.05, 3.63) is 72.1 Å². The largest absolute Gasteiger partial charge is 0.492 e. The van der Waals surface area contributed by atoms with E-state index in [-0.39, 0.29) is 18.0 Å². The van der Waals surface area contributed by atoms with Crippen LogP contribution in [0.5, 0.6) is 11.5 Å². The van der Waals surface area contributed by atoms with Crippen molar-refractivity contribution < 1.29 is 14.3 Å². The van der Waals surface area contributed by atoms with Crippen LogP contribution in [-0.4, -0.2) is 51.1 Å². The molecule has 9 nitrogen and oxygen atoms in total. The highest BCUT2D eigenvalue weighted by Crippen LogP contribution is 2.48. The molecular weight excluding hydrogens is 621 g/mol. The van der Waals surface area contributed by atoms with Gasteiger partial charge in [0.05, 0.1) is 29.2 Å². The van der Waals surface area contributed by atoms with Crippen LogP contribution >= 0.6 is 11.9 Å². The van der Waals surface area contributed by atoms with Gasteiger partial charge in [-0.1, -0.05) is 38.3 Å². The number of carbonyl (C=O) groups excluding carboxylic acids is 1. The third-order valence-electron chi connectivity index (χ3n) is 10.1. The van der Waals surface area contributed by atoms with Crippen molar-refractivity contribution in [3.63, 3.8) is 0 Å². The number of nitrogens with zero attached hydrogens (tertiary/aromatic N) is 4. The summed E-state index contributed by atoms with van der Waals surface area (Å²) in [5, 5.41) is 5.09. The molecule has 2 atom stereocenters. The third kappa shape index (κ3) is 6.50. The lowest BCUT2D eigenvalue weighted by atomic mass is 9.81. The van der Waals surface area contributed by atoms with Gasteiger partial charge in [0.25, 0.3) is 0 Å². The number of ether oxygens (including phenoxy) is 2. The van der Waals surface area contributed by atoms with Crippen molar-refractivity contribution in [2.75, 3.05) is 24.3 Å². The highest BCUT2D eigenvalue weighted by atomic mass is 32.2. The Morgan fingerprint density at radius 2 is 1.92 bits per heavy atom. The monoisotopic (exact) mass is 668 g/mol. The number of benzene rings is 2. The summed E-state index contributed by atoms with van der Waals surface area (Å²) < 4.78 is 17.3. The van der Waals surface area contributed by atoms with E-state index in [4.69, 9.17) is 9.47 Å². The van der Waals surface area contributed by atoms with Gasteiger partial charge < -0.3 is 14.0 Å². The molecule has 0 radical (unpaired) electrons. The number of anilines is 1. The maximum absolute atomic E-state index is 14.0. The number of aromatic nitrogens is 2. The highest BCUT2D eigenvalue weighted by Gasteiger charge is 2.35. The van der Waals surface area contributed by atoms with Crippen molar-refractivity contribution in [1.82, 2.24) is 24.7 Å². The van der Waals surface area contributed by atoms with E-state index in [0.717, 1.165) is 40.7 Å². The zero-order chi connectivity index (χ0) is 33.4. The molecule has 0 spiro atoms. The third-order valence-corrected chi connectivity index (χ3v) is 10.8. The lowest BCUT2D eigenvalue weighted by molar-refractivity contribution is 0.137. The molecule has 1 saturated carbocycles. The first-order valence-electron chi connectivity index (χ1n) is 17.4. The standard InChI is InChI=1S/C38H48N6O3S/c1-6-48-44-37(45)42(5)29-15-17-31-33(20-29)43-22-27(25(2)40-38(3,4)41-44)23-47-34-21-30(46-24-28-14-10-11-19-39-28)16-18-32(34)36(43)35(31)26-12-8-7-9-13-26/h10-11,14-21,25-27,40-41H,6-9,12-13,22-24H2,1-5H3/t25?,27-/m0/s1. The number of nitrogens with one attached hydrogen (secondary N) is 2. The van der Waals surface area contributed by atoms with Crippen LogP contribution < -0.4 is 25.1 Å². The second-order valence-corrected chi connectivity index (χ2v) is 15.2. The van der Waals surface area contributed by atoms with E-state index in [1.807, 2.05) is 25.2 Å². The molecule has 0 saturated heterocycles. The molecule has 2 aliphatic heterocycles. The molecule has 4 heterocycles. The van der Waals surface area contributed by atoms with Crippen LogP contribution in [0.3, 0.4) is 0 Å². The Hall–Kier alpha value is -3.73. The van der Waals surface area contributed by atoms with E-state index < -0.39 is 5.66 Å². The summed E-state index contributed by atoms with van der Waals surface area (Å²) in [7, 11) is 1.87. The molecule has 7 rings (SSSR count). The van der Waals surface area contributed by atoms with Gasteiger partial charge >= 0.3 is 6.03 Å². The number of hydrazine groups is 1. The van der Waals surface area contributed by atoms with Crippen LogP contribution in [0.1, 0.15) is 77.0 Å². The molecule has 4 bridgehead atoms. The number of hydrogen-bond acceptors (Lipinski definition) is 7. The van der Waals surface area contributed by atoms with E-state index in [0.29, 0.717) is 19.1 Å². The van der Waals surface area contributed by atoms with Crippen LogP contribution in [0.2, 0.25) is 0 Å². The SMILES string of the molecule is CCSN1NC(C)(C)NC(C)[C@@H]2COc3cc(OCc4ccccn4)ccc3-c3c(C4CCCCC4)c4ccc(cc4n3C2)N(C)C1=O. The number of carbonyl (C=O) groups is 1. The van der Waals surface area contributed by atoms with E-state index >= 15 is 0 Å². The Labute approximate surface area is 288 Å². The van der Waals surface area contributed by atoms with E-state index in [2.05, 4.69) is 84.4 Å². The Kier molecular flexibility index (Phi) is 9.32. The minimum atomic E-state index is -0.570. The number of hydrogen-bond donors (Lipinski definition) is 2. The van der Waals surface area contributed by atoms with E-state index in [9.17, 15) is 4.79 Å². The Morgan fingerprint density at radius 1 is 1.08 bits per heavy atom. The number of amides is 2. The van der Waals surface area contributed by atoms with Crippen molar-refractivity contribution in [2.45, 2.75) is 90.6 Å². The van der Waals surface area contributed by atoms with Crippen LogP contribution in [0.15, 0.2) is 60.8 Å². The van der Waals surface area contributed by atoms with Gasteiger partial charge in [-0.25, -0.2) is 10.2 Å². The van der Waals surface area contributed by atoms with Crippen molar-refractivity contribution >= 4 is 34.6 Å². The van der Waals surface area contributed by atoms with Gasteiger partial charge in [-0.3, -0.25) is 15.2 Å². The minimum absolute atomic E-state index is 0.0614. The molecule has 1 unspecified atom stereocenters. The number of rotatable bonds is 6. The molecule has 254 valence electrons. The normalized spacial score (nSPS) is 21.6. The summed E-state index contributed by atoms with van der Waals surface area (Å²) in [6, 6.07) is 18.7. The molecule has 4 aromatic rings.